The fourth-order valence-corrected chi connectivity index (χ4v) is 3.08. The summed E-state index contributed by atoms with van der Waals surface area (Å²) in [6, 6.07) is 6.74. The Balaban J connectivity index is 2.15. The van der Waals surface area contributed by atoms with E-state index in [-0.39, 0.29) is 24.2 Å². The molecule has 1 fully saturated rings. The molecule has 0 bridgehead atoms. The van der Waals surface area contributed by atoms with E-state index in [1.807, 2.05) is 0 Å². The standard InChI is InChI=1S/C19H25F3O5/c1-13(15-10-11-26-17(2,3)27-15)12-25-16(23)18(24-4,19(20,21)22)14-8-6-5-7-9-14/h5-9,13,15H,10-12H2,1-4H3/t13-,15+,18-/m0/s1. The lowest BCUT2D eigenvalue weighted by Crippen LogP contribution is -2.52. The van der Waals surface area contributed by atoms with E-state index >= 15 is 0 Å². The molecular formula is C19H25F3O5. The fraction of sp³-hybridized carbons (Fsp3) is 0.632. The van der Waals surface area contributed by atoms with Crippen LogP contribution in [0.1, 0.15) is 32.8 Å². The second kappa shape index (κ2) is 8.16. The Labute approximate surface area is 156 Å². The maximum atomic E-state index is 13.8. The highest BCUT2D eigenvalue weighted by Gasteiger charge is 2.64. The molecule has 1 aliphatic heterocycles. The molecule has 3 atom stereocenters. The van der Waals surface area contributed by atoms with Crippen LogP contribution in [-0.2, 0) is 29.3 Å². The number of esters is 1. The average Bonchev–Trinajstić information content (AvgIpc) is 2.59. The van der Waals surface area contributed by atoms with Crippen LogP contribution in [0.2, 0.25) is 0 Å². The Bertz CT molecular complexity index is 632. The number of hydrogen-bond acceptors (Lipinski definition) is 5. The summed E-state index contributed by atoms with van der Waals surface area (Å²) in [5, 5.41) is 0. The third kappa shape index (κ3) is 4.62. The van der Waals surface area contributed by atoms with Gasteiger partial charge in [0.15, 0.2) is 5.79 Å². The molecule has 5 nitrogen and oxygen atoms in total. The van der Waals surface area contributed by atoms with Gasteiger partial charge in [0.2, 0.25) is 0 Å². The molecule has 8 heteroatoms. The van der Waals surface area contributed by atoms with E-state index in [0.717, 1.165) is 7.11 Å². The van der Waals surface area contributed by atoms with Gasteiger partial charge in [0, 0.05) is 18.6 Å². The molecule has 0 unspecified atom stereocenters. The summed E-state index contributed by atoms with van der Waals surface area (Å²) < 4.78 is 62.5. The van der Waals surface area contributed by atoms with Crippen molar-refractivity contribution in [3.63, 3.8) is 0 Å². The van der Waals surface area contributed by atoms with Gasteiger partial charge in [0.25, 0.3) is 5.60 Å². The van der Waals surface area contributed by atoms with Crippen LogP contribution in [0.25, 0.3) is 0 Å². The first-order valence-corrected chi connectivity index (χ1v) is 8.70. The number of benzene rings is 1. The molecule has 152 valence electrons. The normalized spacial score (nSPS) is 23.3. The van der Waals surface area contributed by atoms with Crippen LogP contribution in [0.15, 0.2) is 30.3 Å². The number of hydrogen-bond donors (Lipinski definition) is 0. The summed E-state index contributed by atoms with van der Waals surface area (Å²) in [7, 11) is 0.843. The highest BCUT2D eigenvalue weighted by molar-refractivity contribution is 5.82. The summed E-state index contributed by atoms with van der Waals surface area (Å²) in [6.07, 6.45) is -4.71. The van der Waals surface area contributed by atoms with Gasteiger partial charge in [0.05, 0.1) is 19.3 Å². The van der Waals surface area contributed by atoms with E-state index < -0.39 is 23.5 Å². The molecular weight excluding hydrogens is 365 g/mol. The van der Waals surface area contributed by atoms with Crippen molar-refractivity contribution in [2.75, 3.05) is 20.3 Å². The zero-order chi connectivity index (χ0) is 20.3. The summed E-state index contributed by atoms with van der Waals surface area (Å²) in [6.45, 7) is 5.50. The van der Waals surface area contributed by atoms with Gasteiger partial charge in [-0.25, -0.2) is 4.79 Å². The molecule has 0 spiro atoms. The molecule has 1 aromatic carbocycles. The fourth-order valence-electron chi connectivity index (χ4n) is 3.08. The van der Waals surface area contributed by atoms with Gasteiger partial charge in [-0.3, -0.25) is 0 Å². The lowest BCUT2D eigenvalue weighted by Gasteiger charge is -2.39. The Kier molecular flexibility index (Phi) is 6.55. The monoisotopic (exact) mass is 390 g/mol. The van der Waals surface area contributed by atoms with Gasteiger partial charge in [-0.15, -0.1) is 0 Å². The minimum absolute atomic E-state index is 0.229. The quantitative estimate of drug-likeness (QED) is 0.692. The van der Waals surface area contributed by atoms with E-state index in [1.165, 1.54) is 24.3 Å². The SMILES string of the molecule is CO[C@](C(=O)OC[C@H](C)[C@H]1CCOC(C)(C)O1)(c1ccccc1)C(F)(F)F. The third-order valence-corrected chi connectivity index (χ3v) is 4.57. The van der Waals surface area contributed by atoms with Crippen molar-refractivity contribution in [1.82, 2.24) is 0 Å². The number of ether oxygens (including phenoxy) is 4. The van der Waals surface area contributed by atoms with Gasteiger partial charge >= 0.3 is 12.1 Å². The first-order chi connectivity index (χ1) is 12.5. The molecule has 1 aromatic rings. The number of methoxy groups -OCH3 is 1. The van der Waals surface area contributed by atoms with E-state index in [9.17, 15) is 18.0 Å². The molecule has 1 saturated heterocycles. The molecule has 0 N–H and O–H groups in total. The van der Waals surface area contributed by atoms with Crippen molar-refractivity contribution in [1.29, 1.82) is 0 Å². The van der Waals surface area contributed by atoms with Crippen molar-refractivity contribution < 1.29 is 36.9 Å². The lowest BCUT2D eigenvalue weighted by molar-refractivity contribution is -0.287. The summed E-state index contributed by atoms with van der Waals surface area (Å²) in [5.41, 5.74) is -3.51. The number of alkyl halides is 3. The zero-order valence-corrected chi connectivity index (χ0v) is 15.8. The maximum Gasteiger partial charge on any atom is 0.432 e. The first-order valence-electron chi connectivity index (χ1n) is 8.70. The van der Waals surface area contributed by atoms with Crippen LogP contribution in [0.3, 0.4) is 0 Å². The predicted molar refractivity (Wildman–Crippen MR) is 90.8 cm³/mol. The number of carbonyl (C=O) groups is 1. The van der Waals surface area contributed by atoms with Crippen molar-refractivity contribution in [3.8, 4) is 0 Å². The van der Waals surface area contributed by atoms with Crippen LogP contribution in [0.4, 0.5) is 13.2 Å². The highest BCUT2D eigenvalue weighted by atomic mass is 19.4. The van der Waals surface area contributed by atoms with Gasteiger partial charge < -0.3 is 18.9 Å². The average molecular weight is 390 g/mol. The van der Waals surface area contributed by atoms with Gasteiger partial charge in [0.1, 0.15) is 0 Å². The summed E-state index contributed by atoms with van der Waals surface area (Å²) in [5.74, 6) is -2.59. The van der Waals surface area contributed by atoms with Crippen molar-refractivity contribution in [3.05, 3.63) is 35.9 Å². The molecule has 1 heterocycles. The van der Waals surface area contributed by atoms with Crippen LogP contribution >= 0.6 is 0 Å². The minimum atomic E-state index is -4.99. The molecule has 0 aliphatic carbocycles. The molecule has 2 rings (SSSR count). The van der Waals surface area contributed by atoms with Crippen molar-refractivity contribution in [2.24, 2.45) is 5.92 Å². The van der Waals surface area contributed by atoms with Gasteiger partial charge in [-0.2, -0.15) is 13.2 Å². The third-order valence-electron chi connectivity index (χ3n) is 4.57. The molecule has 0 saturated carbocycles. The van der Waals surface area contributed by atoms with Crippen LogP contribution in [0, 0.1) is 5.92 Å². The Hall–Kier alpha value is -1.64. The molecule has 0 radical (unpaired) electrons. The second-order valence-corrected chi connectivity index (χ2v) is 7.02. The van der Waals surface area contributed by atoms with E-state index in [1.54, 1.807) is 26.8 Å². The Morgan fingerprint density at radius 2 is 1.93 bits per heavy atom. The lowest BCUT2D eigenvalue weighted by atomic mass is 9.92. The number of halogens is 3. The van der Waals surface area contributed by atoms with E-state index in [2.05, 4.69) is 0 Å². The van der Waals surface area contributed by atoms with E-state index in [0.29, 0.717) is 13.0 Å². The largest absolute Gasteiger partial charge is 0.463 e. The first kappa shape index (κ1) is 21.7. The summed E-state index contributed by atoms with van der Waals surface area (Å²) in [4.78, 5) is 12.5. The maximum absolute atomic E-state index is 13.8. The van der Waals surface area contributed by atoms with Crippen LogP contribution in [-0.4, -0.2) is 44.4 Å². The van der Waals surface area contributed by atoms with Crippen molar-refractivity contribution in [2.45, 2.75) is 50.9 Å². The van der Waals surface area contributed by atoms with Crippen LogP contribution in [0.5, 0.6) is 0 Å². The van der Waals surface area contributed by atoms with E-state index in [4.69, 9.17) is 18.9 Å². The van der Waals surface area contributed by atoms with Gasteiger partial charge in [-0.1, -0.05) is 37.3 Å². The van der Waals surface area contributed by atoms with Crippen molar-refractivity contribution >= 4 is 5.97 Å². The highest BCUT2D eigenvalue weighted by Crippen LogP contribution is 2.43. The van der Waals surface area contributed by atoms with Crippen LogP contribution < -0.4 is 0 Å². The smallest absolute Gasteiger partial charge is 0.432 e. The molecule has 0 aromatic heterocycles. The second-order valence-electron chi connectivity index (χ2n) is 7.02. The minimum Gasteiger partial charge on any atom is -0.463 e. The Morgan fingerprint density at radius 1 is 1.30 bits per heavy atom. The van der Waals surface area contributed by atoms with Gasteiger partial charge in [-0.05, 0) is 20.3 Å². The number of carbonyl (C=O) groups excluding carboxylic acids is 1. The molecule has 1 aliphatic rings. The Morgan fingerprint density at radius 3 is 2.44 bits per heavy atom. The predicted octanol–water partition coefficient (Wildman–Crippen LogP) is 3.81. The molecule has 27 heavy (non-hydrogen) atoms. The summed E-state index contributed by atoms with van der Waals surface area (Å²) >= 11 is 0. The number of rotatable bonds is 6. The zero-order valence-electron chi connectivity index (χ0n) is 15.8. The molecule has 0 amide bonds. The topological polar surface area (TPSA) is 54.0 Å².